The van der Waals surface area contributed by atoms with Crippen LogP contribution >= 0.6 is 11.8 Å². The predicted octanol–water partition coefficient (Wildman–Crippen LogP) is 2.97. The summed E-state index contributed by atoms with van der Waals surface area (Å²) in [7, 11) is 0. The van der Waals surface area contributed by atoms with E-state index in [1.807, 2.05) is 17.8 Å². The zero-order valence-corrected chi connectivity index (χ0v) is 12.6. The summed E-state index contributed by atoms with van der Waals surface area (Å²) in [6.07, 6.45) is 3.20. The van der Waals surface area contributed by atoms with Gasteiger partial charge in [0.15, 0.2) is 0 Å². The average molecular weight is 295 g/mol. The molecule has 1 atom stereocenters. The van der Waals surface area contributed by atoms with E-state index in [1.165, 1.54) is 24.0 Å². The van der Waals surface area contributed by atoms with Crippen LogP contribution in [0.2, 0.25) is 0 Å². The van der Waals surface area contributed by atoms with Crippen LogP contribution < -0.4 is 5.32 Å². The molecule has 4 heteroatoms. The molecule has 2 nitrogen and oxygen atoms in total. The zero-order chi connectivity index (χ0) is 13.8. The molecule has 0 aliphatic carbocycles. The highest BCUT2D eigenvalue weighted by Crippen LogP contribution is 2.35. The fourth-order valence-corrected chi connectivity index (χ4v) is 4.37. The van der Waals surface area contributed by atoms with Crippen molar-refractivity contribution < 1.29 is 9.13 Å². The van der Waals surface area contributed by atoms with Crippen molar-refractivity contribution >= 4 is 11.8 Å². The monoisotopic (exact) mass is 295 g/mol. The molecule has 0 unspecified atom stereocenters. The topological polar surface area (TPSA) is 21.3 Å². The number of hydrogen-bond donors (Lipinski definition) is 1. The molecule has 2 saturated heterocycles. The average Bonchev–Trinajstić information content (AvgIpc) is 3.00. The van der Waals surface area contributed by atoms with Crippen molar-refractivity contribution in [2.45, 2.75) is 30.7 Å². The third kappa shape index (κ3) is 3.18. The Hall–Kier alpha value is -0.580. The van der Waals surface area contributed by atoms with Crippen LogP contribution in [0.3, 0.4) is 0 Å². The third-order valence-electron chi connectivity index (χ3n) is 4.55. The highest BCUT2D eigenvalue weighted by Gasteiger charge is 2.35. The molecule has 0 aromatic heterocycles. The lowest BCUT2D eigenvalue weighted by atomic mass is 9.74. The van der Waals surface area contributed by atoms with Crippen molar-refractivity contribution in [3.8, 4) is 0 Å². The molecule has 2 heterocycles. The highest BCUT2D eigenvalue weighted by molar-refractivity contribution is 7.99. The molecule has 1 N–H and O–H groups in total. The molecule has 3 rings (SSSR count). The van der Waals surface area contributed by atoms with Gasteiger partial charge in [0.25, 0.3) is 0 Å². The van der Waals surface area contributed by atoms with Crippen LogP contribution in [0.25, 0.3) is 0 Å². The molecular weight excluding hydrogens is 273 g/mol. The number of ether oxygens (including phenoxy) is 1. The van der Waals surface area contributed by atoms with Gasteiger partial charge in [-0.1, -0.05) is 12.1 Å². The van der Waals surface area contributed by atoms with Gasteiger partial charge in [-0.3, -0.25) is 0 Å². The number of halogens is 1. The molecule has 1 aromatic carbocycles. The Balaban J connectivity index is 1.76. The van der Waals surface area contributed by atoms with E-state index in [0.717, 1.165) is 38.2 Å². The molecule has 2 fully saturated rings. The van der Waals surface area contributed by atoms with Gasteiger partial charge >= 0.3 is 0 Å². The summed E-state index contributed by atoms with van der Waals surface area (Å²) in [5.74, 6) is 2.33. The van der Waals surface area contributed by atoms with Gasteiger partial charge in [-0.15, -0.1) is 0 Å². The second-order valence-corrected chi connectivity index (χ2v) is 6.99. The largest absolute Gasteiger partial charge is 0.381 e. The van der Waals surface area contributed by atoms with Crippen LogP contribution in [0.1, 0.15) is 24.8 Å². The highest BCUT2D eigenvalue weighted by atomic mass is 32.2. The summed E-state index contributed by atoms with van der Waals surface area (Å²) in [5, 5.41) is 3.71. The standard InChI is InChI=1S/C16H22FNOS/c17-14-3-1-2-13(10-14)16(5-7-19-8-6-16)12-18-15-4-9-20-11-15/h1-3,10,15,18H,4-9,11-12H2/t15-/m1/s1. The maximum absolute atomic E-state index is 13.6. The Morgan fingerprint density at radius 3 is 2.90 bits per heavy atom. The quantitative estimate of drug-likeness (QED) is 0.923. The van der Waals surface area contributed by atoms with Crippen LogP contribution in [0.5, 0.6) is 0 Å². The van der Waals surface area contributed by atoms with Crippen molar-refractivity contribution in [3.05, 3.63) is 35.6 Å². The smallest absolute Gasteiger partial charge is 0.123 e. The molecule has 0 radical (unpaired) electrons. The van der Waals surface area contributed by atoms with Gasteiger partial charge in [0.2, 0.25) is 0 Å². The number of rotatable bonds is 4. The lowest BCUT2D eigenvalue weighted by Crippen LogP contribution is -2.46. The molecule has 2 aliphatic heterocycles. The van der Waals surface area contributed by atoms with E-state index in [4.69, 9.17) is 4.74 Å². The Bertz CT molecular complexity index is 442. The minimum absolute atomic E-state index is 0.0353. The van der Waals surface area contributed by atoms with Gasteiger partial charge in [0.05, 0.1) is 0 Å². The fourth-order valence-electron chi connectivity index (χ4n) is 3.18. The number of thioether (sulfide) groups is 1. The van der Waals surface area contributed by atoms with Gasteiger partial charge < -0.3 is 10.1 Å². The van der Waals surface area contributed by atoms with Crippen molar-refractivity contribution in [1.82, 2.24) is 5.32 Å². The summed E-state index contributed by atoms with van der Waals surface area (Å²) in [6, 6.07) is 7.74. The Morgan fingerprint density at radius 1 is 1.35 bits per heavy atom. The zero-order valence-electron chi connectivity index (χ0n) is 11.7. The second-order valence-electron chi connectivity index (χ2n) is 5.84. The maximum atomic E-state index is 13.6. The van der Waals surface area contributed by atoms with E-state index in [9.17, 15) is 4.39 Å². The molecule has 2 aliphatic rings. The van der Waals surface area contributed by atoms with E-state index in [2.05, 4.69) is 11.4 Å². The Labute approximate surface area is 124 Å². The normalized spacial score (nSPS) is 25.8. The first kappa shape index (κ1) is 14.4. The molecule has 110 valence electrons. The summed E-state index contributed by atoms with van der Waals surface area (Å²) < 4.78 is 19.1. The Kier molecular flexibility index (Phi) is 4.64. The molecule has 0 amide bonds. The van der Waals surface area contributed by atoms with E-state index in [1.54, 1.807) is 6.07 Å². The molecule has 1 aromatic rings. The fraction of sp³-hybridized carbons (Fsp3) is 0.625. The van der Waals surface area contributed by atoms with Gasteiger partial charge in [-0.2, -0.15) is 11.8 Å². The van der Waals surface area contributed by atoms with Crippen LogP contribution in [0.4, 0.5) is 4.39 Å². The lowest BCUT2D eigenvalue weighted by molar-refractivity contribution is 0.0490. The Morgan fingerprint density at radius 2 is 2.20 bits per heavy atom. The SMILES string of the molecule is Fc1cccc(C2(CN[C@@H]3CCSC3)CCOCC2)c1. The van der Waals surface area contributed by atoms with Crippen LogP contribution in [0.15, 0.2) is 24.3 Å². The van der Waals surface area contributed by atoms with Gasteiger partial charge in [-0.25, -0.2) is 4.39 Å². The van der Waals surface area contributed by atoms with E-state index in [-0.39, 0.29) is 11.2 Å². The van der Waals surface area contributed by atoms with Crippen LogP contribution in [-0.2, 0) is 10.2 Å². The predicted molar refractivity (Wildman–Crippen MR) is 81.9 cm³/mol. The van der Waals surface area contributed by atoms with Gasteiger partial charge in [0.1, 0.15) is 5.82 Å². The maximum Gasteiger partial charge on any atom is 0.123 e. The van der Waals surface area contributed by atoms with E-state index in [0.29, 0.717) is 6.04 Å². The summed E-state index contributed by atoms with van der Waals surface area (Å²) >= 11 is 2.02. The third-order valence-corrected chi connectivity index (χ3v) is 5.71. The summed E-state index contributed by atoms with van der Waals surface area (Å²) in [5.41, 5.74) is 1.16. The molecule has 0 bridgehead atoms. The molecule has 20 heavy (non-hydrogen) atoms. The minimum atomic E-state index is -0.134. The summed E-state index contributed by atoms with van der Waals surface area (Å²) in [4.78, 5) is 0. The first-order chi connectivity index (χ1) is 9.78. The number of hydrogen-bond acceptors (Lipinski definition) is 3. The van der Waals surface area contributed by atoms with Crippen molar-refractivity contribution in [2.75, 3.05) is 31.3 Å². The van der Waals surface area contributed by atoms with Crippen LogP contribution in [0, 0.1) is 5.82 Å². The minimum Gasteiger partial charge on any atom is -0.381 e. The van der Waals surface area contributed by atoms with E-state index < -0.39 is 0 Å². The molecule has 0 spiro atoms. The first-order valence-corrected chi connectivity index (χ1v) is 8.59. The van der Waals surface area contributed by atoms with Gasteiger partial charge in [0, 0.05) is 37.0 Å². The van der Waals surface area contributed by atoms with Crippen molar-refractivity contribution in [3.63, 3.8) is 0 Å². The molecule has 0 saturated carbocycles. The first-order valence-electron chi connectivity index (χ1n) is 7.43. The van der Waals surface area contributed by atoms with Gasteiger partial charge in [-0.05, 0) is 42.7 Å². The van der Waals surface area contributed by atoms with E-state index >= 15 is 0 Å². The number of benzene rings is 1. The van der Waals surface area contributed by atoms with Crippen molar-refractivity contribution in [2.24, 2.45) is 0 Å². The van der Waals surface area contributed by atoms with Crippen LogP contribution in [-0.4, -0.2) is 37.3 Å². The summed E-state index contributed by atoms with van der Waals surface area (Å²) in [6.45, 7) is 2.49. The number of nitrogens with one attached hydrogen (secondary N) is 1. The van der Waals surface area contributed by atoms with Crippen molar-refractivity contribution in [1.29, 1.82) is 0 Å². The lowest BCUT2D eigenvalue weighted by Gasteiger charge is -2.39. The molecular formula is C16H22FNOS. The second kappa shape index (κ2) is 6.46.